The maximum absolute atomic E-state index is 12.1. The molecule has 2 aromatic rings. The molecule has 0 bridgehead atoms. The molecule has 1 aliphatic rings. The van der Waals surface area contributed by atoms with Crippen LogP contribution in [-0.2, 0) is 20.7 Å². The van der Waals surface area contributed by atoms with E-state index in [2.05, 4.69) is 0 Å². The van der Waals surface area contributed by atoms with Gasteiger partial charge in [0.2, 0.25) is 0 Å². The maximum atomic E-state index is 12.1. The minimum atomic E-state index is -0.456. The predicted octanol–water partition coefficient (Wildman–Crippen LogP) is 3.30. The van der Waals surface area contributed by atoms with Gasteiger partial charge in [-0.3, -0.25) is 9.59 Å². The summed E-state index contributed by atoms with van der Waals surface area (Å²) in [6, 6.07) is 4.79. The summed E-state index contributed by atoms with van der Waals surface area (Å²) in [6.45, 7) is 5.40. The van der Waals surface area contributed by atoms with Gasteiger partial charge in [0.05, 0.1) is 12.0 Å². The summed E-state index contributed by atoms with van der Waals surface area (Å²) in [5.41, 5.74) is 1.39. The highest BCUT2D eigenvalue weighted by molar-refractivity contribution is 5.85. The van der Waals surface area contributed by atoms with Crippen molar-refractivity contribution in [3.8, 4) is 5.75 Å². The van der Waals surface area contributed by atoms with Crippen molar-refractivity contribution < 1.29 is 23.5 Å². The van der Waals surface area contributed by atoms with Gasteiger partial charge in [0.1, 0.15) is 11.3 Å². The molecular weight excluding hydrogens is 336 g/mol. The van der Waals surface area contributed by atoms with E-state index in [1.807, 2.05) is 13.0 Å². The first-order valence-corrected chi connectivity index (χ1v) is 8.82. The Morgan fingerprint density at radius 2 is 1.96 bits per heavy atom. The van der Waals surface area contributed by atoms with Crippen molar-refractivity contribution in [3.05, 3.63) is 39.7 Å². The molecule has 0 aliphatic heterocycles. The number of aryl methyl sites for hydroxylation is 2. The Bertz CT molecular complexity index is 904. The summed E-state index contributed by atoms with van der Waals surface area (Å²) in [7, 11) is 0. The maximum Gasteiger partial charge on any atom is 0.336 e. The van der Waals surface area contributed by atoms with E-state index in [1.54, 1.807) is 19.9 Å². The van der Waals surface area contributed by atoms with Crippen molar-refractivity contribution >= 4 is 22.9 Å². The fraction of sp³-hybridized carbons (Fsp3) is 0.450. The average molecular weight is 358 g/mol. The standard InChI is InChI=1S/C20H22O6/c1-11(2)24-18(21)7-6-14-9-15-12(3)8-19(22)25-17(15)10-16(14)26-20(23)13-4-5-13/h8-11,13H,4-7H2,1-3H3. The van der Waals surface area contributed by atoms with Gasteiger partial charge in [-0.1, -0.05) is 0 Å². The Morgan fingerprint density at radius 1 is 1.23 bits per heavy atom. The van der Waals surface area contributed by atoms with Gasteiger partial charge >= 0.3 is 17.6 Å². The molecule has 1 fully saturated rings. The van der Waals surface area contributed by atoms with E-state index in [9.17, 15) is 14.4 Å². The molecule has 0 unspecified atom stereocenters. The van der Waals surface area contributed by atoms with Crippen LogP contribution in [0.25, 0.3) is 11.0 Å². The number of carbonyl (C=O) groups is 2. The summed E-state index contributed by atoms with van der Waals surface area (Å²) in [5.74, 6) is -0.323. The molecule has 6 heteroatoms. The van der Waals surface area contributed by atoms with E-state index >= 15 is 0 Å². The van der Waals surface area contributed by atoms with E-state index in [-0.39, 0.29) is 30.4 Å². The lowest BCUT2D eigenvalue weighted by Gasteiger charge is -2.13. The largest absolute Gasteiger partial charge is 0.463 e. The van der Waals surface area contributed by atoms with Gasteiger partial charge < -0.3 is 13.9 Å². The molecule has 0 radical (unpaired) electrons. The van der Waals surface area contributed by atoms with Crippen LogP contribution in [0, 0.1) is 12.8 Å². The van der Waals surface area contributed by atoms with Gasteiger partial charge in [0.25, 0.3) is 0 Å². The lowest BCUT2D eigenvalue weighted by Crippen LogP contribution is -2.14. The van der Waals surface area contributed by atoms with E-state index in [1.165, 1.54) is 6.07 Å². The first-order valence-electron chi connectivity index (χ1n) is 8.82. The van der Waals surface area contributed by atoms with Crippen LogP contribution < -0.4 is 10.4 Å². The van der Waals surface area contributed by atoms with Crippen molar-refractivity contribution in [2.45, 2.75) is 52.6 Å². The number of hydrogen-bond acceptors (Lipinski definition) is 6. The van der Waals surface area contributed by atoms with Crippen molar-refractivity contribution in [1.82, 2.24) is 0 Å². The van der Waals surface area contributed by atoms with Gasteiger partial charge in [-0.25, -0.2) is 4.79 Å². The van der Waals surface area contributed by atoms with E-state index < -0.39 is 5.63 Å². The molecular formula is C20H22O6. The molecule has 0 N–H and O–H groups in total. The highest BCUT2D eigenvalue weighted by Gasteiger charge is 2.32. The molecule has 1 heterocycles. The van der Waals surface area contributed by atoms with Crippen LogP contribution in [-0.4, -0.2) is 18.0 Å². The number of fused-ring (bicyclic) bond motifs is 1. The molecule has 1 aliphatic carbocycles. The number of benzene rings is 1. The normalized spacial score (nSPS) is 13.8. The molecule has 138 valence electrons. The predicted molar refractivity (Wildman–Crippen MR) is 95.1 cm³/mol. The third-order valence-electron chi connectivity index (χ3n) is 4.22. The summed E-state index contributed by atoms with van der Waals surface area (Å²) < 4.78 is 15.9. The summed E-state index contributed by atoms with van der Waals surface area (Å²) >= 11 is 0. The zero-order valence-corrected chi connectivity index (χ0v) is 15.2. The Labute approximate surface area is 151 Å². The van der Waals surface area contributed by atoms with E-state index in [4.69, 9.17) is 13.9 Å². The summed E-state index contributed by atoms with van der Waals surface area (Å²) in [4.78, 5) is 35.6. The molecule has 0 spiro atoms. The Balaban J connectivity index is 1.92. The Morgan fingerprint density at radius 3 is 2.62 bits per heavy atom. The fourth-order valence-electron chi connectivity index (χ4n) is 2.75. The third kappa shape index (κ3) is 4.31. The molecule has 0 atom stereocenters. The number of carbonyl (C=O) groups excluding carboxylic acids is 2. The minimum absolute atomic E-state index is 0.0611. The lowest BCUT2D eigenvalue weighted by molar-refractivity contribution is -0.147. The second-order valence-electron chi connectivity index (χ2n) is 6.94. The number of esters is 2. The Kier molecular flexibility index (Phi) is 5.11. The van der Waals surface area contributed by atoms with Crippen LogP contribution in [0.2, 0.25) is 0 Å². The smallest absolute Gasteiger partial charge is 0.336 e. The second kappa shape index (κ2) is 7.32. The minimum Gasteiger partial charge on any atom is -0.463 e. The van der Waals surface area contributed by atoms with Crippen LogP contribution in [0.3, 0.4) is 0 Å². The van der Waals surface area contributed by atoms with Crippen LogP contribution in [0.15, 0.2) is 27.4 Å². The lowest BCUT2D eigenvalue weighted by atomic mass is 10.0. The number of ether oxygens (including phenoxy) is 2. The molecule has 1 saturated carbocycles. The van der Waals surface area contributed by atoms with Gasteiger partial charge in [-0.2, -0.15) is 0 Å². The van der Waals surface area contributed by atoms with Crippen molar-refractivity contribution in [2.75, 3.05) is 0 Å². The van der Waals surface area contributed by atoms with Crippen LogP contribution >= 0.6 is 0 Å². The van der Waals surface area contributed by atoms with Crippen molar-refractivity contribution in [3.63, 3.8) is 0 Å². The van der Waals surface area contributed by atoms with Crippen molar-refractivity contribution in [1.29, 1.82) is 0 Å². The molecule has 3 rings (SSSR count). The van der Waals surface area contributed by atoms with Crippen LogP contribution in [0.4, 0.5) is 0 Å². The SMILES string of the molecule is Cc1cc(=O)oc2cc(OC(=O)C3CC3)c(CCC(=O)OC(C)C)cc12. The first-order chi connectivity index (χ1) is 12.3. The molecule has 26 heavy (non-hydrogen) atoms. The highest BCUT2D eigenvalue weighted by atomic mass is 16.5. The van der Waals surface area contributed by atoms with E-state index in [0.29, 0.717) is 23.3 Å². The third-order valence-corrected chi connectivity index (χ3v) is 4.22. The molecule has 6 nitrogen and oxygen atoms in total. The van der Waals surface area contributed by atoms with Gasteiger partial charge in [-0.15, -0.1) is 0 Å². The van der Waals surface area contributed by atoms with Crippen LogP contribution in [0.5, 0.6) is 5.75 Å². The molecule has 1 aromatic carbocycles. The topological polar surface area (TPSA) is 82.8 Å². The van der Waals surface area contributed by atoms with Gasteiger partial charge in [-0.05, 0) is 57.2 Å². The monoisotopic (exact) mass is 358 g/mol. The fourth-order valence-corrected chi connectivity index (χ4v) is 2.75. The average Bonchev–Trinajstić information content (AvgIpc) is 3.37. The Hall–Kier alpha value is -2.63. The molecule has 0 saturated heterocycles. The second-order valence-corrected chi connectivity index (χ2v) is 6.94. The molecule has 1 aromatic heterocycles. The summed E-state index contributed by atoms with van der Waals surface area (Å²) in [5, 5.41) is 0.753. The van der Waals surface area contributed by atoms with Crippen LogP contribution in [0.1, 0.15) is 44.2 Å². The summed E-state index contributed by atoms with van der Waals surface area (Å²) in [6.07, 6.45) is 2.02. The van der Waals surface area contributed by atoms with Gasteiger partial charge in [0.15, 0.2) is 0 Å². The highest BCUT2D eigenvalue weighted by Crippen LogP contribution is 2.33. The zero-order chi connectivity index (χ0) is 18.8. The number of rotatable bonds is 6. The van der Waals surface area contributed by atoms with Crippen molar-refractivity contribution in [2.24, 2.45) is 5.92 Å². The van der Waals surface area contributed by atoms with E-state index in [0.717, 1.165) is 23.8 Å². The van der Waals surface area contributed by atoms with Gasteiger partial charge in [0, 0.05) is 23.9 Å². The quantitative estimate of drug-likeness (QED) is 0.448. The zero-order valence-electron chi connectivity index (χ0n) is 15.2. The number of hydrogen-bond donors (Lipinski definition) is 0. The molecule has 0 amide bonds. The first kappa shape index (κ1) is 18.2.